The van der Waals surface area contributed by atoms with Crippen molar-refractivity contribution < 1.29 is 18.0 Å². The molecule has 30 heavy (non-hydrogen) atoms. The summed E-state index contributed by atoms with van der Waals surface area (Å²) < 4.78 is 38.3. The summed E-state index contributed by atoms with van der Waals surface area (Å²) in [6.45, 7) is 1.92. The maximum atomic E-state index is 13.3. The number of carbonyl (C=O) groups is 1. The summed E-state index contributed by atoms with van der Waals surface area (Å²) in [5.74, 6) is 0.477. The van der Waals surface area contributed by atoms with Crippen molar-refractivity contribution in [1.29, 1.82) is 0 Å². The van der Waals surface area contributed by atoms with Gasteiger partial charge in [0.2, 0.25) is 0 Å². The van der Waals surface area contributed by atoms with Crippen LogP contribution in [0.25, 0.3) is 10.9 Å². The van der Waals surface area contributed by atoms with Crippen LogP contribution >= 0.6 is 0 Å². The summed E-state index contributed by atoms with van der Waals surface area (Å²) in [5, 5.41) is 0.881. The van der Waals surface area contributed by atoms with Crippen LogP contribution in [0.5, 0.6) is 0 Å². The molecule has 0 N–H and O–H groups in total. The fourth-order valence-electron chi connectivity index (χ4n) is 3.78. The smallest absolute Gasteiger partial charge is 0.356 e. The minimum absolute atomic E-state index is 0.199. The van der Waals surface area contributed by atoms with E-state index in [1.54, 1.807) is 7.05 Å². The van der Waals surface area contributed by atoms with Gasteiger partial charge in [-0.2, -0.15) is 13.2 Å². The van der Waals surface area contributed by atoms with E-state index in [2.05, 4.69) is 4.90 Å². The number of benzene rings is 2. The van der Waals surface area contributed by atoms with Crippen molar-refractivity contribution >= 4 is 22.6 Å². The normalized spacial score (nSPS) is 14.3. The van der Waals surface area contributed by atoms with Gasteiger partial charge in [0.05, 0.1) is 16.6 Å². The van der Waals surface area contributed by atoms with Gasteiger partial charge >= 0.3 is 6.18 Å². The van der Waals surface area contributed by atoms with Crippen molar-refractivity contribution in [3.63, 3.8) is 0 Å². The molecule has 3 aromatic rings. The first kappa shape index (κ1) is 20.2. The number of fused-ring (bicyclic) bond motifs is 1. The molecule has 7 heteroatoms. The Morgan fingerprint density at radius 2 is 1.73 bits per heavy atom. The van der Waals surface area contributed by atoms with E-state index >= 15 is 0 Å². The Hall–Kier alpha value is -3.09. The van der Waals surface area contributed by atoms with Crippen molar-refractivity contribution in [3.05, 3.63) is 71.3 Å². The first-order valence-corrected chi connectivity index (χ1v) is 9.89. The molecule has 1 fully saturated rings. The van der Waals surface area contributed by atoms with Gasteiger partial charge in [0.1, 0.15) is 5.82 Å². The van der Waals surface area contributed by atoms with Gasteiger partial charge in [-0.1, -0.05) is 30.3 Å². The number of anilines is 1. The number of nitrogens with zero attached hydrogens (tertiary/aromatic N) is 3. The zero-order valence-corrected chi connectivity index (χ0v) is 16.6. The summed E-state index contributed by atoms with van der Waals surface area (Å²) in [5.41, 5.74) is 1.29. The maximum absolute atomic E-state index is 13.3. The number of alkyl halides is 3. The van der Waals surface area contributed by atoms with Crippen LogP contribution in [0, 0.1) is 0 Å². The summed E-state index contributed by atoms with van der Waals surface area (Å²) in [7, 11) is 1.66. The number of carbonyl (C=O) groups excluding carboxylic acids is 1. The second-order valence-corrected chi connectivity index (χ2v) is 7.60. The molecule has 1 amide bonds. The zero-order valence-electron chi connectivity index (χ0n) is 16.6. The monoisotopic (exact) mass is 413 g/mol. The van der Waals surface area contributed by atoms with Gasteiger partial charge in [0.15, 0.2) is 0 Å². The Bertz CT molecular complexity index is 1060. The van der Waals surface area contributed by atoms with E-state index in [0.29, 0.717) is 16.9 Å². The van der Waals surface area contributed by atoms with Crippen molar-refractivity contribution in [1.82, 2.24) is 9.88 Å². The van der Waals surface area contributed by atoms with Gasteiger partial charge in [0, 0.05) is 32.1 Å². The number of pyridine rings is 1. The molecule has 0 spiro atoms. The fourth-order valence-corrected chi connectivity index (χ4v) is 3.78. The van der Waals surface area contributed by atoms with E-state index in [1.807, 2.05) is 30.3 Å². The summed E-state index contributed by atoms with van der Waals surface area (Å²) in [6.07, 6.45) is -2.26. The molecule has 2 aromatic carbocycles. The minimum Gasteiger partial charge on any atom is -0.356 e. The average Bonchev–Trinajstić information content (AvgIpc) is 3.26. The molecule has 0 saturated carbocycles. The molecule has 4 nitrogen and oxygen atoms in total. The van der Waals surface area contributed by atoms with Crippen LogP contribution in [-0.4, -0.2) is 35.9 Å². The highest BCUT2D eigenvalue weighted by Gasteiger charge is 2.30. The quantitative estimate of drug-likeness (QED) is 0.595. The minimum atomic E-state index is -4.37. The molecular weight excluding hydrogens is 391 g/mol. The van der Waals surface area contributed by atoms with Crippen molar-refractivity contribution in [2.45, 2.75) is 25.6 Å². The summed E-state index contributed by atoms with van der Waals surface area (Å²) >= 11 is 0. The largest absolute Gasteiger partial charge is 0.416 e. The molecule has 0 aliphatic carbocycles. The molecule has 156 valence electrons. The lowest BCUT2D eigenvalue weighted by Gasteiger charge is -2.24. The number of hydrogen-bond donors (Lipinski definition) is 0. The topological polar surface area (TPSA) is 36.4 Å². The van der Waals surface area contributed by atoms with Gasteiger partial charge in [0.25, 0.3) is 5.91 Å². The summed E-state index contributed by atoms with van der Waals surface area (Å²) in [6, 6.07) is 14.4. The molecule has 1 aromatic heterocycles. The van der Waals surface area contributed by atoms with Gasteiger partial charge in [-0.3, -0.25) is 4.79 Å². The van der Waals surface area contributed by atoms with Crippen LogP contribution in [0.1, 0.15) is 34.3 Å². The molecule has 0 unspecified atom stereocenters. The SMILES string of the molecule is CN(Cc1ccc(C(F)(F)F)cc1)C(=O)c1cc2ccccc2nc1N1CCCC1. The van der Waals surface area contributed by atoms with Crippen LogP contribution in [0.2, 0.25) is 0 Å². The number of para-hydroxylation sites is 1. The van der Waals surface area contributed by atoms with Gasteiger partial charge in [-0.25, -0.2) is 4.98 Å². The molecular formula is C23H22F3N3O. The van der Waals surface area contributed by atoms with E-state index in [0.717, 1.165) is 49.0 Å². The van der Waals surface area contributed by atoms with E-state index in [9.17, 15) is 18.0 Å². The highest BCUT2D eigenvalue weighted by molar-refractivity contribution is 6.02. The highest BCUT2D eigenvalue weighted by atomic mass is 19.4. The third-order valence-corrected chi connectivity index (χ3v) is 5.39. The van der Waals surface area contributed by atoms with E-state index in [-0.39, 0.29) is 12.5 Å². The Morgan fingerprint density at radius 1 is 1.07 bits per heavy atom. The van der Waals surface area contributed by atoms with Gasteiger partial charge < -0.3 is 9.80 Å². The molecule has 2 heterocycles. The van der Waals surface area contributed by atoms with E-state index in [1.165, 1.54) is 17.0 Å². The van der Waals surface area contributed by atoms with Crippen LogP contribution in [0.3, 0.4) is 0 Å². The van der Waals surface area contributed by atoms with Crippen LogP contribution in [0.4, 0.5) is 19.0 Å². The predicted molar refractivity (Wildman–Crippen MR) is 110 cm³/mol. The number of rotatable bonds is 4. The third-order valence-electron chi connectivity index (χ3n) is 5.39. The van der Waals surface area contributed by atoms with Crippen molar-refractivity contribution in [2.75, 3.05) is 25.0 Å². The molecule has 0 radical (unpaired) electrons. The Labute approximate surface area is 172 Å². The van der Waals surface area contributed by atoms with Crippen LogP contribution in [0.15, 0.2) is 54.6 Å². The number of aromatic nitrogens is 1. The van der Waals surface area contributed by atoms with Gasteiger partial charge in [-0.05, 0) is 42.7 Å². The van der Waals surface area contributed by atoms with Crippen LogP contribution in [-0.2, 0) is 12.7 Å². The van der Waals surface area contributed by atoms with Crippen LogP contribution < -0.4 is 4.90 Å². The predicted octanol–water partition coefficient (Wildman–Crippen LogP) is 5.13. The molecule has 0 atom stereocenters. The molecule has 0 bridgehead atoms. The zero-order chi connectivity index (χ0) is 21.3. The summed E-state index contributed by atoms with van der Waals surface area (Å²) in [4.78, 5) is 21.7. The number of hydrogen-bond acceptors (Lipinski definition) is 3. The molecule has 1 saturated heterocycles. The lowest BCUT2D eigenvalue weighted by Crippen LogP contribution is -2.30. The van der Waals surface area contributed by atoms with Crippen molar-refractivity contribution in [3.8, 4) is 0 Å². The van der Waals surface area contributed by atoms with E-state index in [4.69, 9.17) is 4.98 Å². The first-order chi connectivity index (χ1) is 14.3. The standard InChI is InChI=1S/C23H22F3N3O/c1-28(15-16-8-10-18(11-9-16)23(24,25)26)22(30)19-14-17-6-2-3-7-20(17)27-21(19)29-12-4-5-13-29/h2-3,6-11,14H,4-5,12-13,15H2,1H3. The number of halogens is 3. The lowest BCUT2D eigenvalue weighted by molar-refractivity contribution is -0.137. The maximum Gasteiger partial charge on any atom is 0.416 e. The first-order valence-electron chi connectivity index (χ1n) is 9.89. The molecule has 1 aliphatic heterocycles. The average molecular weight is 413 g/mol. The Kier molecular flexibility index (Phi) is 5.37. The van der Waals surface area contributed by atoms with E-state index < -0.39 is 11.7 Å². The molecule has 4 rings (SSSR count). The Morgan fingerprint density at radius 3 is 2.40 bits per heavy atom. The highest BCUT2D eigenvalue weighted by Crippen LogP contribution is 2.30. The Balaban J connectivity index is 1.62. The van der Waals surface area contributed by atoms with Gasteiger partial charge in [-0.15, -0.1) is 0 Å². The second-order valence-electron chi connectivity index (χ2n) is 7.60. The number of amides is 1. The third kappa shape index (κ3) is 4.10. The fraction of sp³-hybridized carbons (Fsp3) is 0.304. The second kappa shape index (κ2) is 7.97. The van der Waals surface area contributed by atoms with Crippen molar-refractivity contribution in [2.24, 2.45) is 0 Å². The molecule has 1 aliphatic rings. The lowest BCUT2D eigenvalue weighted by atomic mass is 10.1.